The zero-order valence-electron chi connectivity index (χ0n) is 15.2. The zero-order chi connectivity index (χ0) is 17.5. The minimum Gasteiger partial charge on any atom is -0.379 e. The van der Waals surface area contributed by atoms with Gasteiger partial charge in [-0.1, -0.05) is 6.07 Å². The first-order valence-corrected chi connectivity index (χ1v) is 9.42. The Morgan fingerprint density at radius 2 is 2.15 bits per heavy atom. The molecular weight excluding hydrogens is 463 g/mol. The van der Waals surface area contributed by atoms with Crippen molar-refractivity contribution in [2.45, 2.75) is 12.6 Å². The number of morpholine rings is 1. The molecule has 1 saturated heterocycles. The smallest absolute Gasteiger partial charge is 0.191 e. The van der Waals surface area contributed by atoms with Crippen LogP contribution in [0.25, 0.3) is 0 Å². The number of ether oxygens (including phenoxy) is 1. The Balaban J connectivity index is 0.00000243. The van der Waals surface area contributed by atoms with Crippen molar-refractivity contribution in [3.63, 3.8) is 0 Å². The monoisotopic (exact) mass is 490 g/mol. The molecule has 0 saturated carbocycles. The van der Waals surface area contributed by atoms with E-state index in [0.29, 0.717) is 12.6 Å². The van der Waals surface area contributed by atoms with Crippen molar-refractivity contribution in [2.24, 2.45) is 12.0 Å². The molecule has 1 atom stereocenters. The third-order valence-electron chi connectivity index (χ3n) is 4.40. The first-order chi connectivity index (χ1) is 12.3. The van der Waals surface area contributed by atoms with Gasteiger partial charge >= 0.3 is 0 Å². The molecule has 0 aromatic carbocycles. The summed E-state index contributed by atoms with van der Waals surface area (Å²) in [5, 5.41) is 13.2. The lowest BCUT2D eigenvalue weighted by atomic mass is 10.2. The molecule has 2 aromatic rings. The molecule has 1 unspecified atom stereocenters. The molecule has 0 spiro atoms. The normalized spacial score (nSPS) is 16.8. The summed E-state index contributed by atoms with van der Waals surface area (Å²) < 4.78 is 7.37. The topological polar surface area (TPSA) is 66.7 Å². The van der Waals surface area contributed by atoms with Gasteiger partial charge in [-0.2, -0.15) is 5.10 Å². The highest BCUT2D eigenvalue weighted by Gasteiger charge is 2.23. The quantitative estimate of drug-likeness (QED) is 0.368. The predicted octanol–water partition coefficient (Wildman–Crippen LogP) is 1.84. The van der Waals surface area contributed by atoms with Crippen molar-refractivity contribution in [2.75, 3.05) is 39.9 Å². The van der Waals surface area contributed by atoms with Gasteiger partial charge in [-0.05, 0) is 17.5 Å². The number of nitrogens with one attached hydrogen (secondary N) is 2. The van der Waals surface area contributed by atoms with Crippen LogP contribution in [0.5, 0.6) is 0 Å². The number of hydrogen-bond donors (Lipinski definition) is 2. The second-order valence-electron chi connectivity index (χ2n) is 5.93. The zero-order valence-corrected chi connectivity index (χ0v) is 18.4. The summed E-state index contributed by atoms with van der Waals surface area (Å²) in [7, 11) is 3.74. The van der Waals surface area contributed by atoms with Crippen molar-refractivity contribution in [1.29, 1.82) is 0 Å². The maximum Gasteiger partial charge on any atom is 0.191 e. The second-order valence-corrected chi connectivity index (χ2v) is 6.91. The van der Waals surface area contributed by atoms with Crippen LogP contribution in [0.2, 0.25) is 0 Å². The first-order valence-electron chi connectivity index (χ1n) is 8.54. The molecule has 3 rings (SSSR count). The van der Waals surface area contributed by atoms with E-state index in [2.05, 4.69) is 43.1 Å². The van der Waals surface area contributed by atoms with Crippen molar-refractivity contribution < 1.29 is 4.74 Å². The highest BCUT2D eigenvalue weighted by molar-refractivity contribution is 14.0. The van der Waals surface area contributed by atoms with Gasteiger partial charge in [0.2, 0.25) is 0 Å². The molecule has 2 aromatic heterocycles. The maximum absolute atomic E-state index is 5.50. The second kappa shape index (κ2) is 10.9. The Kier molecular flexibility index (Phi) is 8.82. The fraction of sp³-hybridized carbons (Fsp3) is 0.529. The molecule has 2 N–H and O–H groups in total. The number of guanidine groups is 1. The standard InChI is InChI=1S/C17H26N6OS.HI/c1-18-17(19-12-14-5-6-21-22(14)2)20-13-15(16-4-3-11-25-16)23-7-9-24-10-8-23;/h3-6,11,15H,7-10,12-13H2,1-2H3,(H2,18,19,20);1H. The van der Waals surface area contributed by atoms with Crippen LogP contribution in [0.4, 0.5) is 0 Å². The van der Waals surface area contributed by atoms with E-state index in [-0.39, 0.29) is 24.0 Å². The van der Waals surface area contributed by atoms with Crippen LogP contribution in [0, 0.1) is 0 Å². The van der Waals surface area contributed by atoms with Gasteiger partial charge < -0.3 is 15.4 Å². The molecule has 9 heteroatoms. The van der Waals surface area contributed by atoms with Gasteiger partial charge in [-0.15, -0.1) is 35.3 Å². The fourth-order valence-electron chi connectivity index (χ4n) is 2.94. The van der Waals surface area contributed by atoms with Crippen LogP contribution in [0.15, 0.2) is 34.8 Å². The summed E-state index contributed by atoms with van der Waals surface area (Å²) in [6.45, 7) is 5.03. The van der Waals surface area contributed by atoms with E-state index in [9.17, 15) is 0 Å². The molecule has 1 aliphatic rings. The molecule has 0 bridgehead atoms. The summed E-state index contributed by atoms with van der Waals surface area (Å²) in [5.41, 5.74) is 1.12. The van der Waals surface area contributed by atoms with E-state index < -0.39 is 0 Å². The number of aryl methyl sites for hydroxylation is 1. The number of rotatable bonds is 6. The maximum atomic E-state index is 5.50. The average molecular weight is 490 g/mol. The summed E-state index contributed by atoms with van der Waals surface area (Å²) in [4.78, 5) is 8.20. The largest absolute Gasteiger partial charge is 0.379 e. The lowest BCUT2D eigenvalue weighted by Gasteiger charge is -2.34. The van der Waals surface area contributed by atoms with Crippen molar-refractivity contribution >= 4 is 41.3 Å². The highest BCUT2D eigenvalue weighted by Crippen LogP contribution is 2.25. The Bertz CT molecular complexity index is 669. The molecule has 0 amide bonds. The third-order valence-corrected chi connectivity index (χ3v) is 5.38. The van der Waals surface area contributed by atoms with E-state index in [1.54, 1.807) is 24.6 Å². The fourth-order valence-corrected chi connectivity index (χ4v) is 3.80. The molecule has 1 fully saturated rings. The predicted molar refractivity (Wildman–Crippen MR) is 116 cm³/mol. The lowest BCUT2D eigenvalue weighted by molar-refractivity contribution is 0.0177. The molecule has 26 heavy (non-hydrogen) atoms. The van der Waals surface area contributed by atoms with Crippen LogP contribution in [-0.4, -0.2) is 60.5 Å². The Labute approximate surface area is 175 Å². The van der Waals surface area contributed by atoms with Gasteiger partial charge in [-0.3, -0.25) is 14.6 Å². The summed E-state index contributed by atoms with van der Waals surface area (Å²) in [6, 6.07) is 6.66. The number of aromatic nitrogens is 2. The van der Waals surface area contributed by atoms with Crippen molar-refractivity contribution in [3.05, 3.63) is 40.3 Å². The molecule has 0 radical (unpaired) electrons. The van der Waals surface area contributed by atoms with E-state index >= 15 is 0 Å². The Morgan fingerprint density at radius 1 is 1.35 bits per heavy atom. The van der Waals surface area contributed by atoms with Crippen molar-refractivity contribution in [1.82, 2.24) is 25.3 Å². The van der Waals surface area contributed by atoms with Crippen LogP contribution in [-0.2, 0) is 18.3 Å². The number of halogens is 1. The summed E-state index contributed by atoms with van der Waals surface area (Å²) in [6.07, 6.45) is 1.80. The molecule has 1 aliphatic heterocycles. The van der Waals surface area contributed by atoms with E-state index in [4.69, 9.17) is 4.74 Å². The van der Waals surface area contributed by atoms with Crippen molar-refractivity contribution in [3.8, 4) is 0 Å². The molecule has 0 aliphatic carbocycles. The summed E-state index contributed by atoms with van der Waals surface area (Å²) >= 11 is 1.80. The number of nitrogens with zero attached hydrogens (tertiary/aromatic N) is 4. The molecular formula is C17H27IN6OS. The highest BCUT2D eigenvalue weighted by atomic mass is 127. The van der Waals surface area contributed by atoms with Gasteiger partial charge in [0.05, 0.1) is 31.5 Å². The van der Waals surface area contributed by atoms with Gasteiger partial charge in [0.15, 0.2) is 5.96 Å². The molecule has 144 valence electrons. The van der Waals surface area contributed by atoms with Gasteiger partial charge in [-0.25, -0.2) is 0 Å². The van der Waals surface area contributed by atoms with Crippen LogP contribution in [0.1, 0.15) is 16.6 Å². The molecule has 3 heterocycles. The van der Waals surface area contributed by atoms with Crippen LogP contribution in [0.3, 0.4) is 0 Å². The first kappa shape index (κ1) is 21.1. The molecule has 7 nitrogen and oxygen atoms in total. The minimum absolute atomic E-state index is 0. The van der Waals surface area contributed by atoms with Gasteiger partial charge in [0.25, 0.3) is 0 Å². The summed E-state index contributed by atoms with van der Waals surface area (Å²) in [5.74, 6) is 0.802. The lowest BCUT2D eigenvalue weighted by Crippen LogP contribution is -2.46. The van der Waals surface area contributed by atoms with E-state index in [1.165, 1.54) is 4.88 Å². The Morgan fingerprint density at radius 3 is 2.77 bits per heavy atom. The SMILES string of the molecule is CN=C(NCc1ccnn1C)NCC(c1cccs1)N1CCOCC1.I. The van der Waals surface area contributed by atoms with Crippen LogP contribution >= 0.6 is 35.3 Å². The number of aliphatic imine (C=N–C) groups is 1. The number of thiophene rings is 1. The number of hydrogen-bond acceptors (Lipinski definition) is 5. The minimum atomic E-state index is 0. The van der Waals surface area contributed by atoms with Gasteiger partial charge in [0.1, 0.15) is 0 Å². The van der Waals surface area contributed by atoms with Gasteiger partial charge in [0, 0.05) is 44.8 Å². The van der Waals surface area contributed by atoms with E-state index in [0.717, 1.165) is 44.5 Å². The van der Waals surface area contributed by atoms with Crippen LogP contribution < -0.4 is 10.6 Å². The third kappa shape index (κ3) is 5.66. The Hall–Kier alpha value is -1.17. The average Bonchev–Trinajstić information content (AvgIpc) is 3.31. The van der Waals surface area contributed by atoms with E-state index in [1.807, 2.05) is 17.8 Å².